The molecule has 2 rings (SSSR count). The molecule has 2 N–H and O–H groups in total. The van der Waals surface area contributed by atoms with Gasteiger partial charge in [0.2, 0.25) is 0 Å². The van der Waals surface area contributed by atoms with Gasteiger partial charge in [0.05, 0.1) is 0 Å². The minimum absolute atomic E-state index is 0.280. The largest absolute Gasteiger partial charge is 0.508 e. The topological polar surface area (TPSA) is 68.7 Å². The van der Waals surface area contributed by atoms with Gasteiger partial charge in [-0.3, -0.25) is 0 Å². The number of benzene rings is 2. The van der Waals surface area contributed by atoms with Gasteiger partial charge in [-0.25, -0.2) is 10.6 Å². The molecule has 0 saturated heterocycles. The maximum atomic E-state index is 9.58. The van der Waals surface area contributed by atoms with Crippen molar-refractivity contribution in [3.8, 4) is 11.5 Å². The first-order valence-electron chi connectivity index (χ1n) is 6.57. The molecule has 0 aromatic heterocycles. The number of nitrogens with zero attached hydrogens (tertiary/aromatic N) is 2. The van der Waals surface area contributed by atoms with Crippen LogP contribution in [0.25, 0.3) is 0 Å². The van der Waals surface area contributed by atoms with Gasteiger partial charge in [-0.15, -0.1) is 0 Å². The molecule has 0 aliphatic carbocycles. The number of aromatic hydroxyl groups is 2. The quantitative estimate of drug-likeness (QED) is 0.756. The van der Waals surface area contributed by atoms with Crippen LogP contribution in [0.3, 0.4) is 0 Å². The van der Waals surface area contributed by atoms with Crippen molar-refractivity contribution < 1.29 is 10.2 Å². The van der Waals surface area contributed by atoms with E-state index in [0.717, 1.165) is 11.1 Å². The lowest BCUT2D eigenvalue weighted by atomic mass is 10.2. The van der Waals surface area contributed by atoms with Crippen LogP contribution in [0.5, 0.6) is 11.5 Å². The first kappa shape index (κ1) is 14.4. The number of phenolic OH excluding ortho intramolecular Hbond substituents is 2. The molecule has 2 radical (unpaired) electrons. The molecule has 0 aliphatic heterocycles. The van der Waals surface area contributed by atoms with Crippen LogP contribution in [0.2, 0.25) is 0 Å². The summed E-state index contributed by atoms with van der Waals surface area (Å²) in [5.41, 5.74) is 1.65. The average molecular weight is 270 g/mol. The summed E-state index contributed by atoms with van der Waals surface area (Å²) < 4.78 is 0. The zero-order valence-electron chi connectivity index (χ0n) is 11.2. The first-order valence-corrected chi connectivity index (χ1v) is 6.57. The highest BCUT2D eigenvalue weighted by molar-refractivity contribution is 5.32. The summed E-state index contributed by atoms with van der Waals surface area (Å²) in [5.74, 6) is 0.560. The molecular formula is C16H18N2O2. The van der Waals surface area contributed by atoms with Gasteiger partial charge >= 0.3 is 0 Å². The fourth-order valence-corrected chi connectivity index (χ4v) is 1.83. The maximum absolute atomic E-state index is 9.58. The molecule has 0 saturated carbocycles. The van der Waals surface area contributed by atoms with E-state index in [1.165, 1.54) is 0 Å². The average Bonchev–Trinajstić information content (AvgIpc) is 2.46. The summed E-state index contributed by atoms with van der Waals surface area (Å²) in [6.07, 6.45) is 0. The van der Waals surface area contributed by atoms with Crippen LogP contribution in [0.15, 0.2) is 48.5 Å². The molecular weight excluding hydrogens is 252 g/mol. The van der Waals surface area contributed by atoms with Gasteiger partial charge in [-0.2, -0.15) is 0 Å². The third-order valence-electron chi connectivity index (χ3n) is 2.96. The zero-order chi connectivity index (χ0) is 14.2. The highest BCUT2D eigenvalue weighted by Crippen LogP contribution is 2.16. The van der Waals surface area contributed by atoms with Crippen LogP contribution in [0, 0.1) is 0 Å². The molecule has 4 heteroatoms. The van der Waals surface area contributed by atoms with Crippen LogP contribution in [-0.2, 0) is 13.1 Å². The molecule has 0 aliphatic rings. The molecule has 0 heterocycles. The monoisotopic (exact) mass is 270 g/mol. The van der Waals surface area contributed by atoms with Crippen molar-refractivity contribution in [3.63, 3.8) is 0 Å². The van der Waals surface area contributed by atoms with Gasteiger partial charge in [0.25, 0.3) is 0 Å². The van der Waals surface area contributed by atoms with Crippen LogP contribution >= 0.6 is 0 Å². The van der Waals surface area contributed by atoms with E-state index in [4.69, 9.17) is 0 Å². The van der Waals surface area contributed by atoms with E-state index in [9.17, 15) is 10.2 Å². The summed E-state index contributed by atoms with van der Waals surface area (Å²) in [4.78, 5) is 0. The van der Waals surface area contributed by atoms with E-state index in [2.05, 4.69) is 10.6 Å². The van der Waals surface area contributed by atoms with E-state index >= 15 is 0 Å². The SMILES string of the molecule is Oc1ccccc1C[N]CC[N]Cc1ccccc1O. The highest BCUT2D eigenvalue weighted by atomic mass is 16.3. The Bertz CT molecular complexity index is 494. The van der Waals surface area contributed by atoms with Crippen LogP contribution in [0.1, 0.15) is 11.1 Å². The predicted molar refractivity (Wildman–Crippen MR) is 77.6 cm³/mol. The van der Waals surface area contributed by atoms with Crippen molar-refractivity contribution in [3.05, 3.63) is 59.7 Å². The van der Waals surface area contributed by atoms with Crippen LogP contribution in [0.4, 0.5) is 0 Å². The minimum atomic E-state index is 0.280. The van der Waals surface area contributed by atoms with Gasteiger partial charge in [0.15, 0.2) is 0 Å². The van der Waals surface area contributed by atoms with Crippen LogP contribution in [-0.4, -0.2) is 23.3 Å². The molecule has 104 valence electrons. The van der Waals surface area contributed by atoms with Gasteiger partial charge in [-0.05, 0) is 12.1 Å². The zero-order valence-corrected chi connectivity index (χ0v) is 11.2. The number of hydrogen-bond donors (Lipinski definition) is 2. The molecule has 0 atom stereocenters. The second-order valence-corrected chi connectivity index (χ2v) is 4.47. The van der Waals surface area contributed by atoms with Gasteiger partial charge in [-0.1, -0.05) is 36.4 Å². The summed E-state index contributed by atoms with van der Waals surface area (Å²) in [5, 5.41) is 27.8. The number of hydrogen-bond acceptors (Lipinski definition) is 2. The van der Waals surface area contributed by atoms with E-state index < -0.39 is 0 Å². The number of phenols is 2. The lowest BCUT2D eigenvalue weighted by molar-refractivity contribution is 0.459. The number of para-hydroxylation sites is 2. The fourth-order valence-electron chi connectivity index (χ4n) is 1.83. The Morgan fingerprint density at radius 1 is 0.650 bits per heavy atom. The van der Waals surface area contributed by atoms with Crippen molar-refractivity contribution in [2.45, 2.75) is 13.1 Å². The van der Waals surface area contributed by atoms with Crippen molar-refractivity contribution in [1.82, 2.24) is 10.6 Å². The molecule has 2 aromatic carbocycles. The maximum Gasteiger partial charge on any atom is 0.120 e. The molecule has 0 spiro atoms. The first-order chi connectivity index (χ1) is 9.77. The third-order valence-corrected chi connectivity index (χ3v) is 2.96. The summed E-state index contributed by atoms with van der Waals surface area (Å²) in [6.45, 7) is 2.22. The van der Waals surface area contributed by atoms with Crippen molar-refractivity contribution in [1.29, 1.82) is 0 Å². The Morgan fingerprint density at radius 2 is 1.05 bits per heavy atom. The Hall–Kier alpha value is -2.04. The van der Waals surface area contributed by atoms with E-state index in [0.29, 0.717) is 26.2 Å². The normalized spacial score (nSPS) is 10.6. The van der Waals surface area contributed by atoms with E-state index in [-0.39, 0.29) is 11.5 Å². The van der Waals surface area contributed by atoms with Crippen molar-refractivity contribution in [2.75, 3.05) is 13.1 Å². The molecule has 0 unspecified atom stereocenters. The molecule has 0 fully saturated rings. The Balaban J connectivity index is 1.63. The van der Waals surface area contributed by atoms with Gasteiger partial charge in [0, 0.05) is 37.3 Å². The Kier molecular flexibility index (Phi) is 5.41. The minimum Gasteiger partial charge on any atom is -0.508 e. The van der Waals surface area contributed by atoms with Crippen molar-refractivity contribution in [2.24, 2.45) is 0 Å². The third kappa shape index (κ3) is 4.26. The molecule has 0 bridgehead atoms. The highest BCUT2D eigenvalue weighted by Gasteiger charge is 2.01. The fraction of sp³-hybridized carbons (Fsp3) is 0.250. The Morgan fingerprint density at radius 3 is 1.45 bits per heavy atom. The van der Waals surface area contributed by atoms with Crippen molar-refractivity contribution >= 4 is 0 Å². The molecule has 20 heavy (non-hydrogen) atoms. The van der Waals surface area contributed by atoms with E-state index in [1.54, 1.807) is 24.3 Å². The van der Waals surface area contributed by atoms with Gasteiger partial charge in [0.1, 0.15) is 11.5 Å². The molecule has 0 amide bonds. The Labute approximate surface area is 119 Å². The summed E-state index contributed by atoms with van der Waals surface area (Å²) >= 11 is 0. The standard InChI is InChI=1S/C16H18N2O2/c19-15-7-3-1-5-13(15)11-17-9-10-18-12-14-6-2-4-8-16(14)20/h1-8,19-20H,9-12H2. The molecule has 2 aromatic rings. The van der Waals surface area contributed by atoms with Crippen LogP contribution < -0.4 is 10.6 Å². The smallest absolute Gasteiger partial charge is 0.120 e. The molecule has 4 nitrogen and oxygen atoms in total. The lowest BCUT2D eigenvalue weighted by Gasteiger charge is -2.06. The summed E-state index contributed by atoms with van der Waals surface area (Å²) in [6, 6.07) is 14.4. The second-order valence-electron chi connectivity index (χ2n) is 4.47. The lowest BCUT2D eigenvalue weighted by Crippen LogP contribution is -2.17. The van der Waals surface area contributed by atoms with E-state index in [1.807, 2.05) is 24.3 Å². The summed E-state index contributed by atoms with van der Waals surface area (Å²) in [7, 11) is 0. The van der Waals surface area contributed by atoms with Gasteiger partial charge < -0.3 is 10.2 Å². The predicted octanol–water partition coefficient (Wildman–Crippen LogP) is 2.01. The second kappa shape index (κ2) is 7.53. The number of rotatable bonds is 7.